The van der Waals surface area contributed by atoms with Gasteiger partial charge in [0, 0.05) is 12.5 Å². The maximum Gasteiger partial charge on any atom is 0.305 e. The van der Waals surface area contributed by atoms with E-state index in [4.69, 9.17) is 9.84 Å². The van der Waals surface area contributed by atoms with Gasteiger partial charge in [-0.25, -0.2) is 0 Å². The Bertz CT molecular complexity index is 682. The number of nitrogens with one attached hydrogen (secondary N) is 1. The van der Waals surface area contributed by atoms with Crippen molar-refractivity contribution in [3.63, 3.8) is 0 Å². The maximum absolute atomic E-state index is 12.2. The van der Waals surface area contributed by atoms with Crippen LogP contribution in [0.3, 0.4) is 0 Å². The summed E-state index contributed by atoms with van der Waals surface area (Å²) < 4.78 is 6.60. The third kappa shape index (κ3) is 3.82. The molecule has 1 heterocycles. The molecule has 0 saturated heterocycles. The molecule has 1 aromatic heterocycles. The molecule has 1 unspecified atom stereocenters. The normalized spacial score (nSPS) is 13.7. The lowest BCUT2D eigenvalue weighted by Crippen LogP contribution is -2.51. The van der Waals surface area contributed by atoms with Gasteiger partial charge in [0.2, 0.25) is 5.91 Å². The zero-order chi connectivity index (χ0) is 16.2. The largest absolute Gasteiger partial charge is 0.481 e. The average Bonchev–Trinajstić information content (AvgIpc) is 2.81. The molecule has 0 spiro atoms. The molecule has 0 aliphatic carbocycles. The fourth-order valence-corrected chi connectivity index (χ4v) is 2.45. The summed E-state index contributed by atoms with van der Waals surface area (Å²) in [5, 5.41) is 16.8. The molecule has 118 valence electrons. The van der Waals surface area contributed by atoms with Crippen molar-refractivity contribution in [2.45, 2.75) is 25.4 Å². The molecule has 0 fully saturated rings. The molecular formula is C15H19N3O4. The van der Waals surface area contributed by atoms with Crippen molar-refractivity contribution >= 4 is 22.8 Å². The maximum atomic E-state index is 12.2. The Morgan fingerprint density at radius 2 is 2.14 bits per heavy atom. The summed E-state index contributed by atoms with van der Waals surface area (Å²) in [4.78, 5) is 23.1. The quantitative estimate of drug-likeness (QED) is 0.797. The molecule has 7 nitrogen and oxygen atoms in total. The number of carbonyl (C=O) groups excluding carboxylic acids is 1. The molecule has 22 heavy (non-hydrogen) atoms. The number of carbonyl (C=O) groups is 2. The van der Waals surface area contributed by atoms with Crippen molar-refractivity contribution in [3.8, 4) is 0 Å². The van der Waals surface area contributed by atoms with Crippen molar-refractivity contribution < 1.29 is 19.4 Å². The zero-order valence-corrected chi connectivity index (χ0v) is 12.6. The molecule has 1 aromatic carbocycles. The Morgan fingerprint density at radius 3 is 2.82 bits per heavy atom. The van der Waals surface area contributed by atoms with E-state index in [0.717, 1.165) is 10.9 Å². The number of fused-ring (bicyclic) bond motifs is 1. The summed E-state index contributed by atoms with van der Waals surface area (Å²) in [6.07, 6.45) is 1.47. The minimum Gasteiger partial charge on any atom is -0.481 e. The fourth-order valence-electron chi connectivity index (χ4n) is 2.45. The topological polar surface area (TPSA) is 93.5 Å². The van der Waals surface area contributed by atoms with E-state index >= 15 is 0 Å². The van der Waals surface area contributed by atoms with Gasteiger partial charge in [0.25, 0.3) is 0 Å². The number of nitrogens with zero attached hydrogens (tertiary/aromatic N) is 2. The first kappa shape index (κ1) is 16.0. The van der Waals surface area contributed by atoms with Crippen LogP contribution in [0, 0.1) is 0 Å². The van der Waals surface area contributed by atoms with Crippen LogP contribution in [0.1, 0.15) is 13.3 Å². The summed E-state index contributed by atoms with van der Waals surface area (Å²) >= 11 is 0. The SMILES string of the molecule is COCC(C)(CC(=O)O)NC(=O)Cn1ncc2ccccc21. The van der Waals surface area contributed by atoms with Gasteiger partial charge in [0.05, 0.1) is 30.3 Å². The molecule has 0 aliphatic rings. The Hall–Kier alpha value is -2.41. The van der Waals surface area contributed by atoms with Crippen LogP contribution in [0.15, 0.2) is 30.5 Å². The number of aromatic nitrogens is 2. The van der Waals surface area contributed by atoms with E-state index in [2.05, 4.69) is 10.4 Å². The Balaban J connectivity index is 2.09. The summed E-state index contributed by atoms with van der Waals surface area (Å²) in [6.45, 7) is 1.78. The number of hydrogen-bond donors (Lipinski definition) is 2. The minimum atomic E-state index is -0.996. The molecular weight excluding hydrogens is 286 g/mol. The first-order valence-electron chi connectivity index (χ1n) is 6.86. The van der Waals surface area contributed by atoms with E-state index in [9.17, 15) is 9.59 Å². The number of carboxylic acids is 1. The molecule has 1 amide bonds. The van der Waals surface area contributed by atoms with Gasteiger partial charge < -0.3 is 15.2 Å². The van der Waals surface area contributed by atoms with Crippen molar-refractivity contribution in [1.82, 2.24) is 15.1 Å². The smallest absolute Gasteiger partial charge is 0.305 e. The van der Waals surface area contributed by atoms with Crippen molar-refractivity contribution in [2.24, 2.45) is 0 Å². The second-order valence-corrected chi connectivity index (χ2v) is 5.47. The lowest BCUT2D eigenvalue weighted by atomic mass is 9.99. The minimum absolute atomic E-state index is 0.0203. The number of rotatable bonds is 7. The molecule has 0 radical (unpaired) electrons. The predicted octanol–water partition coefficient (Wildman–Crippen LogP) is 1.03. The van der Waals surface area contributed by atoms with Gasteiger partial charge in [-0.15, -0.1) is 0 Å². The van der Waals surface area contributed by atoms with Gasteiger partial charge in [-0.05, 0) is 13.0 Å². The third-order valence-corrected chi connectivity index (χ3v) is 3.29. The van der Waals surface area contributed by atoms with E-state index in [0.29, 0.717) is 0 Å². The van der Waals surface area contributed by atoms with Crippen molar-refractivity contribution in [1.29, 1.82) is 0 Å². The van der Waals surface area contributed by atoms with Crippen LogP contribution in [0.5, 0.6) is 0 Å². The second kappa shape index (κ2) is 6.57. The van der Waals surface area contributed by atoms with E-state index in [-0.39, 0.29) is 25.5 Å². The van der Waals surface area contributed by atoms with E-state index in [1.807, 2.05) is 24.3 Å². The van der Waals surface area contributed by atoms with Crippen LogP contribution < -0.4 is 5.32 Å². The monoisotopic (exact) mass is 305 g/mol. The van der Waals surface area contributed by atoms with Gasteiger partial charge in [0.15, 0.2) is 0 Å². The molecule has 2 rings (SSSR count). The molecule has 7 heteroatoms. The first-order valence-corrected chi connectivity index (χ1v) is 6.86. The number of ether oxygens (including phenoxy) is 1. The molecule has 0 bridgehead atoms. The van der Waals surface area contributed by atoms with Crippen LogP contribution in [0.2, 0.25) is 0 Å². The van der Waals surface area contributed by atoms with Gasteiger partial charge in [-0.2, -0.15) is 5.10 Å². The summed E-state index contributed by atoms with van der Waals surface area (Å²) in [5.74, 6) is -1.31. The molecule has 2 aromatic rings. The number of para-hydroxylation sites is 1. The fraction of sp³-hybridized carbons (Fsp3) is 0.400. The first-order chi connectivity index (χ1) is 10.4. The number of carboxylic acid groups (broad SMARTS) is 1. The zero-order valence-electron chi connectivity index (χ0n) is 12.6. The molecule has 0 aliphatic heterocycles. The highest BCUT2D eigenvalue weighted by Gasteiger charge is 2.29. The van der Waals surface area contributed by atoms with E-state index in [1.54, 1.807) is 17.8 Å². The van der Waals surface area contributed by atoms with Crippen LogP contribution in [0.25, 0.3) is 10.9 Å². The number of methoxy groups -OCH3 is 1. The standard InChI is InChI=1S/C15H19N3O4/c1-15(10-22-2,7-14(20)21)17-13(19)9-18-12-6-4-3-5-11(12)8-16-18/h3-6,8H,7,9-10H2,1-2H3,(H,17,19)(H,20,21). The predicted molar refractivity (Wildman–Crippen MR) is 80.4 cm³/mol. The number of amides is 1. The van der Waals surface area contributed by atoms with Gasteiger partial charge >= 0.3 is 5.97 Å². The van der Waals surface area contributed by atoms with Crippen molar-refractivity contribution in [2.75, 3.05) is 13.7 Å². The van der Waals surface area contributed by atoms with Gasteiger partial charge in [0.1, 0.15) is 6.54 Å². The summed E-state index contributed by atoms with van der Waals surface area (Å²) in [5.41, 5.74) is -0.106. The van der Waals surface area contributed by atoms with Crippen molar-refractivity contribution in [3.05, 3.63) is 30.5 Å². The number of hydrogen-bond acceptors (Lipinski definition) is 4. The second-order valence-electron chi connectivity index (χ2n) is 5.47. The third-order valence-electron chi connectivity index (χ3n) is 3.29. The highest BCUT2D eigenvalue weighted by atomic mass is 16.5. The molecule has 2 N–H and O–H groups in total. The Labute approximate surface area is 127 Å². The van der Waals surface area contributed by atoms with Crippen LogP contribution in [-0.4, -0.2) is 46.0 Å². The summed E-state index contributed by atoms with van der Waals surface area (Å²) in [6, 6.07) is 7.56. The highest BCUT2D eigenvalue weighted by Crippen LogP contribution is 2.14. The summed E-state index contributed by atoms with van der Waals surface area (Å²) in [7, 11) is 1.47. The lowest BCUT2D eigenvalue weighted by molar-refractivity contribution is -0.139. The Kier molecular flexibility index (Phi) is 4.77. The van der Waals surface area contributed by atoms with E-state index in [1.165, 1.54) is 7.11 Å². The lowest BCUT2D eigenvalue weighted by Gasteiger charge is -2.28. The van der Waals surface area contributed by atoms with E-state index < -0.39 is 11.5 Å². The van der Waals surface area contributed by atoms with Crippen LogP contribution >= 0.6 is 0 Å². The Morgan fingerprint density at radius 1 is 1.41 bits per heavy atom. The van der Waals surface area contributed by atoms with Gasteiger partial charge in [-0.3, -0.25) is 14.3 Å². The average molecular weight is 305 g/mol. The van der Waals surface area contributed by atoms with Crippen LogP contribution in [-0.2, 0) is 20.9 Å². The van der Waals surface area contributed by atoms with Crippen LogP contribution in [0.4, 0.5) is 0 Å². The molecule has 0 saturated carbocycles. The number of aliphatic carboxylic acids is 1. The number of benzene rings is 1. The highest BCUT2D eigenvalue weighted by molar-refractivity contribution is 5.82. The molecule has 1 atom stereocenters. The van der Waals surface area contributed by atoms with Gasteiger partial charge in [-0.1, -0.05) is 18.2 Å².